The molecule has 1 aliphatic carbocycles. The fourth-order valence-electron chi connectivity index (χ4n) is 7.00. The van der Waals surface area contributed by atoms with E-state index >= 15 is 4.39 Å². The summed E-state index contributed by atoms with van der Waals surface area (Å²) >= 11 is 6.86. The van der Waals surface area contributed by atoms with E-state index in [0.717, 1.165) is 30.2 Å². The van der Waals surface area contributed by atoms with Gasteiger partial charge in [-0.1, -0.05) is 35.9 Å². The first-order valence-corrected chi connectivity index (χ1v) is 14.8. The average molecular weight is 592 g/mol. The molecule has 3 atom stereocenters. The lowest BCUT2D eigenvalue weighted by Crippen LogP contribution is -2.59. The van der Waals surface area contributed by atoms with Crippen molar-refractivity contribution < 1.29 is 19.3 Å². The highest BCUT2D eigenvalue weighted by molar-refractivity contribution is 6.35. The Hall–Kier alpha value is -3.24. The molecule has 2 bridgehead atoms. The first kappa shape index (κ1) is 27.6. The zero-order valence-corrected chi connectivity index (χ0v) is 24.7. The van der Waals surface area contributed by atoms with Gasteiger partial charge in [0.05, 0.1) is 23.8 Å². The molecule has 1 aromatic heterocycles. The van der Waals surface area contributed by atoms with E-state index in [9.17, 15) is 10.2 Å². The Balaban J connectivity index is 1.38. The van der Waals surface area contributed by atoms with Gasteiger partial charge in [0.2, 0.25) is 0 Å². The lowest BCUT2D eigenvalue weighted by atomic mass is 9.96. The molecule has 0 amide bonds. The summed E-state index contributed by atoms with van der Waals surface area (Å²) in [6.45, 7) is 4.50. The summed E-state index contributed by atoms with van der Waals surface area (Å²) in [4.78, 5) is 13.7. The summed E-state index contributed by atoms with van der Waals surface area (Å²) in [5.41, 5.74) is 0.485. The lowest BCUT2D eigenvalue weighted by Gasteiger charge is -2.40. The van der Waals surface area contributed by atoms with Crippen molar-refractivity contribution in [1.29, 1.82) is 0 Å². The average Bonchev–Trinajstić information content (AvgIpc) is 3.65. The van der Waals surface area contributed by atoms with Crippen LogP contribution in [0.2, 0.25) is 5.02 Å². The molecular formula is C32H35ClFN5O3. The zero-order valence-electron chi connectivity index (χ0n) is 24.0. The number of piperazine rings is 1. The highest BCUT2D eigenvalue weighted by Crippen LogP contribution is 2.47. The Morgan fingerprint density at radius 1 is 1.17 bits per heavy atom. The number of aliphatic hydroxyl groups excluding tert-OH is 1. The molecule has 1 saturated carbocycles. The molecule has 3 aliphatic rings. The third kappa shape index (κ3) is 4.82. The Morgan fingerprint density at radius 2 is 1.95 bits per heavy atom. The third-order valence-electron chi connectivity index (χ3n) is 8.99. The summed E-state index contributed by atoms with van der Waals surface area (Å²) in [6, 6.07) is 12.4. The number of hydrogen-bond acceptors (Lipinski definition) is 8. The van der Waals surface area contributed by atoms with E-state index in [1.165, 1.54) is 6.07 Å². The number of halogens is 2. The van der Waals surface area contributed by atoms with Gasteiger partial charge in [0.1, 0.15) is 17.1 Å². The number of aromatic hydroxyl groups is 1. The molecule has 8 nitrogen and oxygen atoms in total. The summed E-state index contributed by atoms with van der Waals surface area (Å²) in [5.74, 6) is -0.0432. The predicted octanol–water partition coefficient (Wildman–Crippen LogP) is 4.97. The van der Waals surface area contributed by atoms with E-state index in [-0.39, 0.29) is 44.9 Å². The van der Waals surface area contributed by atoms with Gasteiger partial charge in [-0.15, -0.1) is 0 Å². The molecule has 3 fully saturated rings. The Kier molecular flexibility index (Phi) is 6.51. The van der Waals surface area contributed by atoms with Gasteiger partial charge >= 0.3 is 6.01 Å². The highest BCUT2D eigenvalue weighted by Gasteiger charge is 2.47. The smallest absolute Gasteiger partial charge is 0.319 e. The van der Waals surface area contributed by atoms with Gasteiger partial charge < -0.3 is 30.1 Å². The molecule has 3 aromatic carbocycles. The van der Waals surface area contributed by atoms with Crippen molar-refractivity contribution >= 4 is 39.1 Å². The van der Waals surface area contributed by atoms with Gasteiger partial charge in [0.25, 0.3) is 0 Å². The van der Waals surface area contributed by atoms with Crippen LogP contribution in [-0.4, -0.2) is 83.1 Å². The molecule has 7 rings (SSSR count). The summed E-state index contributed by atoms with van der Waals surface area (Å²) in [7, 11) is 4.09. The second-order valence-corrected chi connectivity index (χ2v) is 13.4. The quantitative estimate of drug-likeness (QED) is 0.277. The van der Waals surface area contributed by atoms with E-state index in [2.05, 4.69) is 27.0 Å². The largest absolute Gasteiger partial charge is 0.508 e. The number of phenols is 1. The Morgan fingerprint density at radius 3 is 2.69 bits per heavy atom. The monoisotopic (exact) mass is 591 g/mol. The number of hydrogen-bond donors (Lipinski definition) is 3. The molecule has 4 aromatic rings. The van der Waals surface area contributed by atoms with Crippen molar-refractivity contribution in [2.24, 2.45) is 5.41 Å². The molecule has 220 valence electrons. The van der Waals surface area contributed by atoms with Gasteiger partial charge in [0.15, 0.2) is 5.82 Å². The van der Waals surface area contributed by atoms with Gasteiger partial charge in [0, 0.05) is 41.5 Å². The SMILES string of the molecule is CN(C)CC1(COc2nc(N3C[C@H]4NC(C)(CC4O)C3)c3cc(Cl)c(-c4cc(O)cc5ccccc45)c(F)c3n2)CC1. The van der Waals surface area contributed by atoms with Gasteiger partial charge in [-0.05, 0) is 74.8 Å². The van der Waals surface area contributed by atoms with Gasteiger partial charge in [-0.2, -0.15) is 9.97 Å². The first-order valence-electron chi connectivity index (χ1n) is 14.4. The van der Waals surface area contributed by atoms with Crippen molar-refractivity contribution in [2.45, 2.75) is 43.9 Å². The van der Waals surface area contributed by atoms with Crippen molar-refractivity contribution in [3.05, 3.63) is 53.3 Å². The fraction of sp³-hybridized carbons (Fsp3) is 0.438. The van der Waals surface area contributed by atoms with Crippen LogP contribution in [-0.2, 0) is 0 Å². The van der Waals surface area contributed by atoms with E-state index in [1.807, 2.05) is 38.4 Å². The molecule has 42 heavy (non-hydrogen) atoms. The van der Waals surface area contributed by atoms with E-state index < -0.39 is 11.9 Å². The molecule has 3 N–H and O–H groups in total. The van der Waals surface area contributed by atoms with E-state index in [4.69, 9.17) is 21.3 Å². The zero-order chi connectivity index (χ0) is 29.4. The molecule has 2 unspecified atom stereocenters. The van der Waals surface area contributed by atoms with Crippen molar-refractivity contribution in [2.75, 3.05) is 45.2 Å². The van der Waals surface area contributed by atoms with Crippen LogP contribution in [0.4, 0.5) is 10.2 Å². The second kappa shape index (κ2) is 9.91. The van der Waals surface area contributed by atoms with Gasteiger partial charge in [-0.25, -0.2) is 4.39 Å². The minimum absolute atomic E-state index is 0.0189. The van der Waals surface area contributed by atoms with Crippen molar-refractivity contribution in [3.63, 3.8) is 0 Å². The van der Waals surface area contributed by atoms with Crippen LogP contribution < -0.4 is 15.0 Å². The minimum atomic E-state index is -0.597. The maximum absolute atomic E-state index is 16.8. The maximum atomic E-state index is 16.8. The summed E-state index contributed by atoms with van der Waals surface area (Å²) in [6.07, 6.45) is 2.26. The first-order chi connectivity index (χ1) is 20.0. The number of fused-ring (bicyclic) bond motifs is 4. The summed E-state index contributed by atoms with van der Waals surface area (Å²) < 4.78 is 23.0. The number of benzene rings is 3. The molecule has 0 radical (unpaired) electrons. The van der Waals surface area contributed by atoms with E-state index in [1.54, 1.807) is 12.1 Å². The second-order valence-electron chi connectivity index (χ2n) is 13.0. The van der Waals surface area contributed by atoms with Crippen molar-refractivity contribution in [3.8, 4) is 22.9 Å². The van der Waals surface area contributed by atoms with Crippen LogP contribution in [0.15, 0.2) is 42.5 Å². The predicted molar refractivity (Wildman–Crippen MR) is 163 cm³/mol. The number of rotatable bonds is 7. The molecule has 3 heterocycles. The molecule has 10 heteroatoms. The number of ether oxygens (including phenoxy) is 1. The van der Waals surface area contributed by atoms with Crippen LogP contribution >= 0.6 is 11.6 Å². The molecule has 2 aliphatic heterocycles. The third-order valence-corrected chi connectivity index (χ3v) is 9.29. The highest BCUT2D eigenvalue weighted by atomic mass is 35.5. The molecular weight excluding hydrogens is 557 g/mol. The topological polar surface area (TPSA) is 94.0 Å². The number of anilines is 1. The van der Waals surface area contributed by atoms with Crippen LogP contribution in [0, 0.1) is 11.2 Å². The number of phenolic OH excluding ortho intramolecular Hbond substituents is 1. The normalized spacial score (nSPS) is 24.6. The molecule has 2 saturated heterocycles. The van der Waals surface area contributed by atoms with Crippen molar-refractivity contribution in [1.82, 2.24) is 20.2 Å². The number of aromatic nitrogens is 2. The minimum Gasteiger partial charge on any atom is -0.508 e. The van der Waals surface area contributed by atoms with Gasteiger partial charge in [-0.3, -0.25) is 0 Å². The standard InChI is InChI=1S/C32H35ClFN5O3/c1-31-13-25(41)24(37-31)14-39(15-31)29-22-12-23(33)26(21-11-19(40)10-18-6-4-5-7-20(18)21)27(34)28(22)35-30(36-29)42-17-32(8-9-32)16-38(2)3/h4-7,10-12,24-25,37,40-41H,8-9,13-17H2,1-3H3/t24-,25?,31?/m1/s1. The van der Waals surface area contributed by atoms with Crippen LogP contribution in [0.5, 0.6) is 11.8 Å². The number of nitrogens with one attached hydrogen (secondary N) is 1. The summed E-state index contributed by atoms with van der Waals surface area (Å²) in [5, 5.41) is 26.9. The van der Waals surface area contributed by atoms with Crippen LogP contribution in [0.25, 0.3) is 32.8 Å². The maximum Gasteiger partial charge on any atom is 0.319 e. The lowest BCUT2D eigenvalue weighted by molar-refractivity contribution is 0.162. The number of nitrogens with zero attached hydrogens (tertiary/aromatic N) is 4. The Bertz CT molecular complexity index is 1710. The van der Waals surface area contributed by atoms with E-state index in [0.29, 0.717) is 42.9 Å². The molecule has 0 spiro atoms. The Labute approximate surface area is 249 Å². The number of aliphatic hydroxyl groups is 1. The van der Waals surface area contributed by atoms with Crippen LogP contribution in [0.3, 0.4) is 0 Å². The fourth-order valence-corrected chi connectivity index (χ4v) is 7.29. The van der Waals surface area contributed by atoms with Crippen LogP contribution in [0.1, 0.15) is 26.2 Å².